The Morgan fingerprint density at radius 2 is 1.79 bits per heavy atom. The average Bonchev–Trinajstić information content (AvgIpc) is 2.56. The molecular weight excluding hydrogens is 163 g/mol. The summed E-state index contributed by atoms with van der Waals surface area (Å²) < 4.78 is 0. The maximum absolute atomic E-state index is 2.62. The van der Waals surface area contributed by atoms with E-state index in [-0.39, 0.29) is 18.9 Å². The molecule has 70 valence electrons. The van der Waals surface area contributed by atoms with Crippen LogP contribution in [0.1, 0.15) is 25.7 Å². The zero-order valence-corrected chi connectivity index (χ0v) is 9.02. The molecule has 0 heterocycles. The van der Waals surface area contributed by atoms with E-state index < -0.39 is 0 Å². The van der Waals surface area contributed by atoms with Crippen molar-refractivity contribution in [1.29, 1.82) is 0 Å². The van der Waals surface area contributed by atoms with E-state index in [1.54, 1.807) is 0 Å². The van der Waals surface area contributed by atoms with Gasteiger partial charge in [-0.05, 0) is 5.92 Å². The summed E-state index contributed by atoms with van der Waals surface area (Å²) in [4.78, 5) is 0. The SMILES string of the molecule is C1=CC2[CH-]C3CCCCC3C2C=C1.[Li+]. The van der Waals surface area contributed by atoms with E-state index in [2.05, 4.69) is 30.7 Å². The summed E-state index contributed by atoms with van der Waals surface area (Å²) in [6.45, 7) is 0. The third-order valence-corrected chi connectivity index (χ3v) is 4.06. The molecule has 0 aromatic carbocycles. The standard InChI is InChI=1S/C13H17.Li/c1-3-7-12-10(5-1)9-11-6-2-4-8-13(11)12;/h1,3,5,7,9-13H,2,4,6,8H2;/q-1;+1. The molecule has 0 bridgehead atoms. The smallest absolute Gasteiger partial charge is 0.318 e. The van der Waals surface area contributed by atoms with Crippen molar-refractivity contribution in [3.8, 4) is 0 Å². The van der Waals surface area contributed by atoms with Crippen molar-refractivity contribution in [3.05, 3.63) is 30.7 Å². The Morgan fingerprint density at radius 3 is 2.71 bits per heavy atom. The minimum absolute atomic E-state index is 0. The molecule has 0 spiro atoms. The Labute approximate surface area is 99.0 Å². The summed E-state index contributed by atoms with van der Waals surface area (Å²) >= 11 is 0. The summed E-state index contributed by atoms with van der Waals surface area (Å²) in [5.41, 5.74) is 0. The van der Waals surface area contributed by atoms with Gasteiger partial charge in [0.25, 0.3) is 0 Å². The molecule has 14 heavy (non-hydrogen) atoms. The minimum atomic E-state index is 0. The third kappa shape index (κ3) is 1.64. The monoisotopic (exact) mass is 180 g/mol. The van der Waals surface area contributed by atoms with Crippen LogP contribution >= 0.6 is 0 Å². The van der Waals surface area contributed by atoms with Crippen LogP contribution < -0.4 is 18.9 Å². The molecule has 4 unspecified atom stereocenters. The molecule has 4 atom stereocenters. The van der Waals surface area contributed by atoms with Crippen LogP contribution in [0.25, 0.3) is 0 Å². The van der Waals surface area contributed by atoms with Gasteiger partial charge < -0.3 is 6.42 Å². The molecule has 0 radical (unpaired) electrons. The van der Waals surface area contributed by atoms with E-state index in [0.717, 1.165) is 23.7 Å². The van der Waals surface area contributed by atoms with Gasteiger partial charge in [-0.1, -0.05) is 49.8 Å². The van der Waals surface area contributed by atoms with Crippen molar-refractivity contribution in [2.75, 3.05) is 0 Å². The van der Waals surface area contributed by atoms with Crippen LogP contribution in [0.5, 0.6) is 0 Å². The molecule has 3 aliphatic rings. The van der Waals surface area contributed by atoms with Crippen LogP contribution in [0.15, 0.2) is 24.3 Å². The van der Waals surface area contributed by atoms with E-state index in [4.69, 9.17) is 0 Å². The number of hydrogen-bond donors (Lipinski definition) is 0. The first-order valence-corrected chi connectivity index (χ1v) is 5.65. The van der Waals surface area contributed by atoms with Gasteiger partial charge in [0, 0.05) is 0 Å². The summed E-state index contributed by atoms with van der Waals surface area (Å²) in [7, 11) is 0. The van der Waals surface area contributed by atoms with Gasteiger partial charge in [-0.2, -0.15) is 5.92 Å². The minimum Gasteiger partial charge on any atom is -0.318 e. The second-order valence-corrected chi connectivity index (χ2v) is 4.73. The Bertz CT molecular complexity index is 254. The molecular formula is C13H17Li. The number of allylic oxidation sites excluding steroid dienone is 4. The van der Waals surface area contributed by atoms with Gasteiger partial charge >= 0.3 is 18.9 Å². The predicted molar refractivity (Wildman–Crippen MR) is 55.0 cm³/mol. The van der Waals surface area contributed by atoms with E-state index in [1.165, 1.54) is 25.7 Å². The number of fused-ring (bicyclic) bond motifs is 3. The average molecular weight is 180 g/mol. The van der Waals surface area contributed by atoms with Crippen LogP contribution in [-0.4, -0.2) is 0 Å². The van der Waals surface area contributed by atoms with Crippen LogP contribution in [0.2, 0.25) is 0 Å². The first-order chi connectivity index (χ1) is 6.45. The fraction of sp³-hybridized carbons (Fsp3) is 0.615. The molecule has 0 aliphatic heterocycles. The van der Waals surface area contributed by atoms with Crippen molar-refractivity contribution < 1.29 is 18.9 Å². The molecule has 0 N–H and O–H groups in total. The summed E-state index contributed by atoms with van der Waals surface area (Å²) in [5, 5.41) is 0. The van der Waals surface area contributed by atoms with E-state index in [1.807, 2.05) is 0 Å². The van der Waals surface area contributed by atoms with Gasteiger partial charge in [0.2, 0.25) is 0 Å². The number of hydrogen-bond acceptors (Lipinski definition) is 0. The summed E-state index contributed by atoms with van der Waals surface area (Å²) in [5.74, 6) is 3.56. The Morgan fingerprint density at radius 1 is 1.00 bits per heavy atom. The quantitative estimate of drug-likeness (QED) is 0.373. The van der Waals surface area contributed by atoms with Gasteiger partial charge in [0.05, 0.1) is 0 Å². The molecule has 0 saturated heterocycles. The first-order valence-electron chi connectivity index (χ1n) is 5.65. The molecule has 2 fully saturated rings. The fourth-order valence-corrected chi connectivity index (χ4v) is 3.45. The van der Waals surface area contributed by atoms with Crippen LogP contribution in [-0.2, 0) is 0 Å². The second kappa shape index (κ2) is 4.29. The van der Waals surface area contributed by atoms with Crippen LogP contribution in [0.4, 0.5) is 0 Å². The topological polar surface area (TPSA) is 0 Å². The van der Waals surface area contributed by atoms with Gasteiger partial charge in [0.15, 0.2) is 0 Å². The molecule has 1 heteroatoms. The molecule has 0 amide bonds. The maximum atomic E-state index is 2.62. The fourth-order valence-electron chi connectivity index (χ4n) is 3.45. The molecule has 2 saturated carbocycles. The van der Waals surface area contributed by atoms with Crippen molar-refractivity contribution >= 4 is 0 Å². The molecule has 0 aromatic rings. The van der Waals surface area contributed by atoms with Gasteiger partial charge in [-0.25, -0.2) is 0 Å². The normalized spacial score (nSPS) is 44.0. The van der Waals surface area contributed by atoms with Crippen molar-refractivity contribution in [1.82, 2.24) is 0 Å². The zero-order chi connectivity index (χ0) is 8.67. The van der Waals surface area contributed by atoms with Crippen molar-refractivity contribution in [2.45, 2.75) is 25.7 Å². The Balaban J connectivity index is 0.000000750. The largest absolute Gasteiger partial charge is 1.00 e. The maximum Gasteiger partial charge on any atom is 1.00 e. The van der Waals surface area contributed by atoms with Crippen molar-refractivity contribution in [2.24, 2.45) is 23.7 Å². The van der Waals surface area contributed by atoms with Crippen LogP contribution in [0, 0.1) is 30.1 Å². The van der Waals surface area contributed by atoms with Gasteiger partial charge in [-0.15, -0.1) is 12.0 Å². The van der Waals surface area contributed by atoms with E-state index in [0.29, 0.717) is 0 Å². The Hall–Kier alpha value is 0.0774. The second-order valence-electron chi connectivity index (χ2n) is 4.73. The molecule has 0 aromatic heterocycles. The molecule has 0 nitrogen and oxygen atoms in total. The Kier molecular flexibility index (Phi) is 3.25. The van der Waals surface area contributed by atoms with Gasteiger partial charge in [0.1, 0.15) is 0 Å². The van der Waals surface area contributed by atoms with Gasteiger partial charge in [-0.3, -0.25) is 0 Å². The third-order valence-electron chi connectivity index (χ3n) is 4.06. The summed E-state index contributed by atoms with van der Waals surface area (Å²) in [6, 6.07) is 0. The van der Waals surface area contributed by atoms with Crippen LogP contribution in [0.3, 0.4) is 0 Å². The van der Waals surface area contributed by atoms with Crippen molar-refractivity contribution in [3.63, 3.8) is 0 Å². The molecule has 3 rings (SSSR count). The first kappa shape index (κ1) is 10.6. The summed E-state index contributed by atoms with van der Waals surface area (Å²) in [6.07, 6.45) is 17.8. The predicted octanol–water partition coefficient (Wildman–Crippen LogP) is 0.373. The molecule has 3 aliphatic carbocycles. The zero-order valence-electron chi connectivity index (χ0n) is 9.02. The van der Waals surface area contributed by atoms with E-state index in [9.17, 15) is 0 Å². The van der Waals surface area contributed by atoms with E-state index >= 15 is 0 Å². The number of rotatable bonds is 0.